The first-order valence-electron chi connectivity index (χ1n) is 7.14. The highest BCUT2D eigenvalue weighted by Gasteiger charge is 2.05. The standard InChI is InChI=1S/C15H21FN6.HI/c1-11-20-21-14(22(11)3)10-19-15(17-2)18-8-7-12-5-4-6-13(16)9-12;/h4-6,9H,7-8,10H2,1-3H3,(H2,17,18,19);1H. The maximum atomic E-state index is 13.1. The van der Waals surface area contributed by atoms with Gasteiger partial charge in [-0.3, -0.25) is 4.99 Å². The third kappa shape index (κ3) is 5.77. The lowest BCUT2D eigenvalue weighted by Crippen LogP contribution is -2.38. The molecule has 0 radical (unpaired) electrons. The Hall–Kier alpha value is -1.71. The average Bonchev–Trinajstić information content (AvgIpc) is 2.82. The highest BCUT2D eigenvalue weighted by atomic mass is 127. The molecule has 0 fully saturated rings. The molecule has 0 atom stereocenters. The Balaban J connectivity index is 0.00000264. The van der Waals surface area contributed by atoms with E-state index in [2.05, 4.69) is 25.8 Å². The molecule has 0 amide bonds. The first-order valence-corrected chi connectivity index (χ1v) is 7.14. The van der Waals surface area contributed by atoms with Crippen LogP contribution >= 0.6 is 24.0 Å². The number of rotatable bonds is 5. The highest BCUT2D eigenvalue weighted by molar-refractivity contribution is 14.0. The summed E-state index contributed by atoms with van der Waals surface area (Å²) < 4.78 is 15.0. The summed E-state index contributed by atoms with van der Waals surface area (Å²) in [5.74, 6) is 2.17. The molecule has 0 aliphatic carbocycles. The van der Waals surface area contributed by atoms with E-state index in [1.54, 1.807) is 19.2 Å². The predicted octanol–water partition coefficient (Wildman–Crippen LogP) is 1.79. The van der Waals surface area contributed by atoms with E-state index in [4.69, 9.17) is 0 Å². The number of halogens is 2. The maximum absolute atomic E-state index is 13.1. The molecule has 6 nitrogen and oxygen atoms in total. The molecule has 2 aromatic rings. The summed E-state index contributed by atoms with van der Waals surface area (Å²) in [5, 5.41) is 14.5. The first-order chi connectivity index (χ1) is 10.6. The fourth-order valence-electron chi connectivity index (χ4n) is 2.01. The molecular weight excluding hydrogens is 410 g/mol. The van der Waals surface area contributed by atoms with Crippen molar-refractivity contribution in [2.45, 2.75) is 19.9 Å². The SMILES string of the molecule is CN=C(NCCc1cccc(F)c1)NCc1nnc(C)n1C.I. The molecule has 1 heterocycles. The van der Waals surface area contributed by atoms with E-state index >= 15 is 0 Å². The Morgan fingerprint density at radius 1 is 1.30 bits per heavy atom. The molecule has 2 rings (SSSR count). The Labute approximate surface area is 152 Å². The van der Waals surface area contributed by atoms with Crippen molar-refractivity contribution in [3.05, 3.63) is 47.3 Å². The van der Waals surface area contributed by atoms with Gasteiger partial charge in [-0.1, -0.05) is 12.1 Å². The van der Waals surface area contributed by atoms with Crippen LogP contribution in [0, 0.1) is 12.7 Å². The number of aryl methyl sites for hydroxylation is 1. The van der Waals surface area contributed by atoms with Gasteiger partial charge in [-0.25, -0.2) is 4.39 Å². The van der Waals surface area contributed by atoms with Crippen LogP contribution in [0.1, 0.15) is 17.2 Å². The quantitative estimate of drug-likeness (QED) is 0.430. The van der Waals surface area contributed by atoms with Crippen LogP contribution in [0.4, 0.5) is 4.39 Å². The second-order valence-electron chi connectivity index (χ2n) is 4.95. The highest BCUT2D eigenvalue weighted by Crippen LogP contribution is 2.03. The van der Waals surface area contributed by atoms with E-state index in [-0.39, 0.29) is 29.8 Å². The van der Waals surface area contributed by atoms with E-state index in [1.807, 2.05) is 24.6 Å². The summed E-state index contributed by atoms with van der Waals surface area (Å²) in [4.78, 5) is 4.15. The van der Waals surface area contributed by atoms with Gasteiger partial charge in [0.2, 0.25) is 0 Å². The number of benzene rings is 1. The Kier molecular flexibility index (Phi) is 7.93. The molecule has 1 aromatic heterocycles. The van der Waals surface area contributed by atoms with Crippen LogP contribution in [0.25, 0.3) is 0 Å². The van der Waals surface area contributed by atoms with Crippen molar-refractivity contribution < 1.29 is 4.39 Å². The first kappa shape index (κ1) is 19.3. The third-order valence-electron chi connectivity index (χ3n) is 3.42. The van der Waals surface area contributed by atoms with E-state index in [0.717, 1.165) is 23.6 Å². The number of hydrogen-bond acceptors (Lipinski definition) is 3. The summed E-state index contributed by atoms with van der Waals surface area (Å²) in [6, 6.07) is 6.61. The summed E-state index contributed by atoms with van der Waals surface area (Å²) in [7, 11) is 3.63. The number of hydrogen-bond donors (Lipinski definition) is 2. The van der Waals surface area contributed by atoms with Crippen molar-refractivity contribution in [1.29, 1.82) is 0 Å². The zero-order chi connectivity index (χ0) is 15.9. The molecule has 0 unspecified atom stereocenters. The van der Waals surface area contributed by atoms with Crippen LogP contribution in [-0.2, 0) is 20.0 Å². The fourth-order valence-corrected chi connectivity index (χ4v) is 2.01. The zero-order valence-corrected chi connectivity index (χ0v) is 15.8. The van der Waals surface area contributed by atoms with Gasteiger partial charge in [-0.15, -0.1) is 34.2 Å². The summed E-state index contributed by atoms with van der Waals surface area (Å²) in [6.45, 7) is 3.11. The van der Waals surface area contributed by atoms with Crippen molar-refractivity contribution in [2.24, 2.45) is 12.0 Å². The summed E-state index contributed by atoms with van der Waals surface area (Å²) >= 11 is 0. The van der Waals surface area contributed by atoms with E-state index in [9.17, 15) is 4.39 Å². The normalized spacial score (nSPS) is 11.0. The monoisotopic (exact) mass is 432 g/mol. The van der Waals surface area contributed by atoms with Gasteiger partial charge in [0, 0.05) is 20.6 Å². The molecule has 0 aliphatic heterocycles. The van der Waals surface area contributed by atoms with Crippen LogP contribution in [0.3, 0.4) is 0 Å². The minimum atomic E-state index is -0.211. The number of nitrogens with zero attached hydrogens (tertiary/aromatic N) is 4. The lowest BCUT2D eigenvalue weighted by molar-refractivity contribution is 0.625. The van der Waals surface area contributed by atoms with Gasteiger partial charge in [-0.05, 0) is 31.0 Å². The van der Waals surface area contributed by atoms with Gasteiger partial charge >= 0.3 is 0 Å². The van der Waals surface area contributed by atoms with E-state index in [0.29, 0.717) is 19.0 Å². The van der Waals surface area contributed by atoms with Gasteiger partial charge < -0.3 is 15.2 Å². The van der Waals surface area contributed by atoms with Crippen LogP contribution in [0.5, 0.6) is 0 Å². The third-order valence-corrected chi connectivity index (χ3v) is 3.42. The molecule has 126 valence electrons. The molecule has 0 bridgehead atoms. The summed E-state index contributed by atoms with van der Waals surface area (Å²) in [6.07, 6.45) is 0.724. The van der Waals surface area contributed by atoms with Crippen molar-refractivity contribution in [3.8, 4) is 0 Å². The molecule has 8 heteroatoms. The van der Waals surface area contributed by atoms with Gasteiger partial charge in [-0.2, -0.15) is 0 Å². The smallest absolute Gasteiger partial charge is 0.191 e. The van der Waals surface area contributed by atoms with Crippen molar-refractivity contribution in [1.82, 2.24) is 25.4 Å². The van der Waals surface area contributed by atoms with Crippen LogP contribution in [0.15, 0.2) is 29.3 Å². The molecule has 0 saturated heterocycles. The topological polar surface area (TPSA) is 67.1 Å². The lowest BCUT2D eigenvalue weighted by Gasteiger charge is -2.11. The lowest BCUT2D eigenvalue weighted by atomic mass is 10.1. The predicted molar refractivity (Wildman–Crippen MR) is 99.5 cm³/mol. The van der Waals surface area contributed by atoms with Gasteiger partial charge in [0.15, 0.2) is 11.8 Å². The van der Waals surface area contributed by atoms with Gasteiger partial charge in [0.25, 0.3) is 0 Å². The largest absolute Gasteiger partial charge is 0.356 e. The molecule has 0 spiro atoms. The average molecular weight is 432 g/mol. The Bertz CT molecular complexity index is 655. The summed E-state index contributed by atoms with van der Waals surface area (Å²) in [5.41, 5.74) is 0.951. The molecule has 1 aromatic carbocycles. The fraction of sp³-hybridized carbons (Fsp3) is 0.400. The second-order valence-corrected chi connectivity index (χ2v) is 4.95. The van der Waals surface area contributed by atoms with Crippen molar-refractivity contribution in [3.63, 3.8) is 0 Å². The minimum absolute atomic E-state index is 0. The van der Waals surface area contributed by atoms with Crippen molar-refractivity contribution >= 4 is 29.9 Å². The van der Waals surface area contributed by atoms with Crippen LogP contribution in [-0.4, -0.2) is 34.3 Å². The zero-order valence-electron chi connectivity index (χ0n) is 13.5. The number of aliphatic imine (C=N–C) groups is 1. The minimum Gasteiger partial charge on any atom is -0.356 e. The molecular formula is C15H22FIN6. The molecule has 23 heavy (non-hydrogen) atoms. The molecule has 0 aliphatic rings. The van der Waals surface area contributed by atoms with Crippen LogP contribution in [0.2, 0.25) is 0 Å². The Morgan fingerprint density at radius 2 is 2.09 bits per heavy atom. The van der Waals surface area contributed by atoms with Crippen LogP contribution < -0.4 is 10.6 Å². The molecule has 0 saturated carbocycles. The number of nitrogens with one attached hydrogen (secondary N) is 2. The van der Waals surface area contributed by atoms with Crippen molar-refractivity contribution in [2.75, 3.05) is 13.6 Å². The number of guanidine groups is 1. The van der Waals surface area contributed by atoms with E-state index < -0.39 is 0 Å². The Morgan fingerprint density at radius 3 is 2.70 bits per heavy atom. The second kappa shape index (κ2) is 9.43. The molecule has 2 N–H and O–H groups in total. The maximum Gasteiger partial charge on any atom is 0.191 e. The van der Waals surface area contributed by atoms with E-state index in [1.165, 1.54) is 6.07 Å². The van der Waals surface area contributed by atoms with Gasteiger partial charge in [0.1, 0.15) is 11.6 Å². The number of aromatic nitrogens is 3. The van der Waals surface area contributed by atoms with Gasteiger partial charge in [0.05, 0.1) is 6.54 Å².